The van der Waals surface area contributed by atoms with Crippen molar-refractivity contribution in [3.8, 4) is 0 Å². The summed E-state index contributed by atoms with van der Waals surface area (Å²) in [5, 5.41) is 3.71. The minimum Gasteiger partial charge on any atom is -0.371 e. The zero-order valence-corrected chi connectivity index (χ0v) is 14.4. The molecule has 2 heteroatoms. The Morgan fingerprint density at radius 3 is 2.62 bits per heavy atom. The summed E-state index contributed by atoms with van der Waals surface area (Å²) in [5.74, 6) is 0.687. The van der Waals surface area contributed by atoms with Crippen LogP contribution in [0.5, 0.6) is 0 Å². The molecule has 118 valence electrons. The van der Waals surface area contributed by atoms with Crippen LogP contribution in [0.1, 0.15) is 53.0 Å². The van der Waals surface area contributed by atoms with Gasteiger partial charge in [0.1, 0.15) is 0 Å². The van der Waals surface area contributed by atoms with Crippen LogP contribution in [0.4, 0.5) is 5.69 Å². The lowest BCUT2D eigenvalue weighted by Gasteiger charge is -2.36. The van der Waals surface area contributed by atoms with Gasteiger partial charge in [0.15, 0.2) is 0 Å². The molecule has 21 heavy (non-hydrogen) atoms. The van der Waals surface area contributed by atoms with Crippen LogP contribution in [0.2, 0.25) is 0 Å². The van der Waals surface area contributed by atoms with Gasteiger partial charge in [0.25, 0.3) is 0 Å². The van der Waals surface area contributed by atoms with Crippen molar-refractivity contribution in [2.45, 2.75) is 58.9 Å². The van der Waals surface area contributed by atoms with Gasteiger partial charge in [0.05, 0.1) is 0 Å². The number of nitrogens with zero attached hydrogens (tertiary/aromatic N) is 1. The van der Waals surface area contributed by atoms with Gasteiger partial charge in [0.2, 0.25) is 0 Å². The summed E-state index contributed by atoms with van der Waals surface area (Å²) in [4.78, 5) is 2.62. The smallest absolute Gasteiger partial charge is 0.0404 e. The highest BCUT2D eigenvalue weighted by Gasteiger charge is 2.23. The van der Waals surface area contributed by atoms with Gasteiger partial charge in [-0.05, 0) is 42.3 Å². The van der Waals surface area contributed by atoms with Crippen LogP contribution < -0.4 is 10.2 Å². The molecule has 0 aliphatic carbocycles. The van der Waals surface area contributed by atoms with Crippen molar-refractivity contribution in [1.29, 1.82) is 0 Å². The lowest BCUT2D eigenvalue weighted by Crippen LogP contribution is -2.44. The molecule has 0 saturated carbocycles. The van der Waals surface area contributed by atoms with Crippen molar-refractivity contribution >= 4 is 5.69 Å². The molecule has 1 saturated heterocycles. The maximum Gasteiger partial charge on any atom is 0.0404 e. The quantitative estimate of drug-likeness (QED) is 0.877. The average Bonchev–Trinajstić information content (AvgIpc) is 2.42. The van der Waals surface area contributed by atoms with E-state index in [4.69, 9.17) is 0 Å². The third kappa shape index (κ3) is 4.23. The van der Waals surface area contributed by atoms with Gasteiger partial charge in [-0.1, -0.05) is 52.8 Å². The van der Waals surface area contributed by atoms with Crippen molar-refractivity contribution < 1.29 is 0 Å². The van der Waals surface area contributed by atoms with Crippen LogP contribution in [0, 0.1) is 5.92 Å². The van der Waals surface area contributed by atoms with Crippen molar-refractivity contribution in [1.82, 2.24) is 5.32 Å². The second-order valence-electron chi connectivity index (χ2n) is 7.62. The third-order valence-electron chi connectivity index (χ3n) is 4.58. The van der Waals surface area contributed by atoms with Crippen molar-refractivity contribution in [3.05, 3.63) is 29.8 Å². The van der Waals surface area contributed by atoms with Gasteiger partial charge >= 0.3 is 0 Å². The molecular formula is C19H32N2. The summed E-state index contributed by atoms with van der Waals surface area (Å²) in [7, 11) is 0. The Kier molecular flexibility index (Phi) is 5.32. The zero-order chi connectivity index (χ0) is 15.5. The summed E-state index contributed by atoms with van der Waals surface area (Å²) >= 11 is 0. The molecule has 1 aromatic carbocycles. The Balaban J connectivity index is 2.27. The standard InChI is InChI=1S/C19H32N2/c1-6-16-11-12-21(14-15(2)13-20-16)18-10-8-7-9-17(18)19(3,4)5/h7-10,15-16,20H,6,11-14H2,1-5H3. The van der Waals surface area contributed by atoms with E-state index >= 15 is 0 Å². The first-order valence-electron chi connectivity index (χ1n) is 8.49. The van der Waals surface area contributed by atoms with Gasteiger partial charge in [-0.2, -0.15) is 0 Å². The van der Waals surface area contributed by atoms with E-state index in [1.807, 2.05) is 0 Å². The lowest BCUT2D eigenvalue weighted by atomic mass is 9.85. The van der Waals surface area contributed by atoms with Crippen LogP contribution >= 0.6 is 0 Å². The Bertz CT molecular complexity index is 447. The van der Waals surface area contributed by atoms with Gasteiger partial charge < -0.3 is 10.2 Å². The van der Waals surface area contributed by atoms with E-state index in [9.17, 15) is 0 Å². The highest BCUT2D eigenvalue weighted by molar-refractivity contribution is 5.56. The van der Waals surface area contributed by atoms with Crippen molar-refractivity contribution in [2.24, 2.45) is 5.92 Å². The number of hydrogen-bond donors (Lipinski definition) is 1. The fourth-order valence-electron chi connectivity index (χ4n) is 3.26. The van der Waals surface area contributed by atoms with E-state index in [0.717, 1.165) is 19.6 Å². The van der Waals surface area contributed by atoms with Gasteiger partial charge in [0, 0.05) is 24.8 Å². The number of anilines is 1. The monoisotopic (exact) mass is 288 g/mol. The molecule has 1 fully saturated rings. The summed E-state index contributed by atoms with van der Waals surface area (Å²) in [6.45, 7) is 15.0. The van der Waals surface area contributed by atoms with Gasteiger partial charge in [-0.25, -0.2) is 0 Å². The van der Waals surface area contributed by atoms with Gasteiger partial charge in [-0.3, -0.25) is 0 Å². The second-order valence-corrected chi connectivity index (χ2v) is 7.62. The molecule has 1 aromatic rings. The Labute approximate surface area is 130 Å². The Morgan fingerprint density at radius 2 is 1.95 bits per heavy atom. The third-order valence-corrected chi connectivity index (χ3v) is 4.58. The minimum atomic E-state index is 0.199. The zero-order valence-electron chi connectivity index (χ0n) is 14.4. The summed E-state index contributed by atoms with van der Waals surface area (Å²) in [6, 6.07) is 9.63. The Hall–Kier alpha value is -1.02. The predicted octanol–water partition coefficient (Wildman–Crippen LogP) is 4.20. The first-order valence-corrected chi connectivity index (χ1v) is 8.49. The maximum absolute atomic E-state index is 3.71. The van der Waals surface area contributed by atoms with Crippen molar-refractivity contribution in [2.75, 3.05) is 24.5 Å². The molecule has 0 radical (unpaired) electrons. The van der Waals surface area contributed by atoms with E-state index in [0.29, 0.717) is 12.0 Å². The molecule has 0 aromatic heterocycles. The highest BCUT2D eigenvalue weighted by Crippen LogP contribution is 2.32. The van der Waals surface area contributed by atoms with Crippen LogP contribution in [-0.4, -0.2) is 25.7 Å². The first kappa shape index (κ1) is 16.4. The summed E-state index contributed by atoms with van der Waals surface area (Å²) < 4.78 is 0. The number of para-hydroxylation sites is 1. The van der Waals surface area contributed by atoms with Crippen LogP contribution in [-0.2, 0) is 5.41 Å². The highest BCUT2D eigenvalue weighted by atomic mass is 15.1. The summed E-state index contributed by atoms with van der Waals surface area (Å²) in [5.41, 5.74) is 3.11. The molecule has 2 atom stereocenters. The lowest BCUT2D eigenvalue weighted by molar-refractivity contribution is 0.387. The fraction of sp³-hybridized carbons (Fsp3) is 0.684. The van der Waals surface area contributed by atoms with Crippen LogP contribution in [0.15, 0.2) is 24.3 Å². The molecular weight excluding hydrogens is 256 g/mol. The molecule has 1 aliphatic heterocycles. The number of hydrogen-bond acceptors (Lipinski definition) is 2. The normalized spacial score (nSPS) is 24.5. The van der Waals surface area contributed by atoms with E-state index in [2.05, 4.69) is 69.1 Å². The largest absolute Gasteiger partial charge is 0.371 e. The minimum absolute atomic E-state index is 0.199. The van der Waals surface area contributed by atoms with E-state index < -0.39 is 0 Å². The molecule has 1 N–H and O–H groups in total. The maximum atomic E-state index is 3.71. The SMILES string of the molecule is CCC1CCN(c2ccccc2C(C)(C)C)CC(C)CN1. The molecule has 0 amide bonds. The van der Waals surface area contributed by atoms with Crippen LogP contribution in [0.3, 0.4) is 0 Å². The molecule has 0 spiro atoms. The molecule has 2 unspecified atom stereocenters. The molecule has 1 heterocycles. The Morgan fingerprint density at radius 1 is 1.24 bits per heavy atom. The van der Waals surface area contributed by atoms with Crippen molar-refractivity contribution in [3.63, 3.8) is 0 Å². The molecule has 2 nitrogen and oxygen atoms in total. The number of rotatable bonds is 2. The second kappa shape index (κ2) is 6.83. The predicted molar refractivity (Wildman–Crippen MR) is 93.2 cm³/mol. The van der Waals surface area contributed by atoms with E-state index in [1.54, 1.807) is 0 Å². The number of nitrogens with one attached hydrogen (secondary N) is 1. The summed E-state index contributed by atoms with van der Waals surface area (Å²) in [6.07, 6.45) is 2.46. The van der Waals surface area contributed by atoms with Gasteiger partial charge in [-0.15, -0.1) is 0 Å². The van der Waals surface area contributed by atoms with E-state index in [1.165, 1.54) is 24.1 Å². The molecule has 1 aliphatic rings. The molecule has 2 rings (SSSR count). The average molecular weight is 288 g/mol. The molecule has 0 bridgehead atoms. The topological polar surface area (TPSA) is 15.3 Å². The van der Waals surface area contributed by atoms with Crippen LogP contribution in [0.25, 0.3) is 0 Å². The number of benzene rings is 1. The van der Waals surface area contributed by atoms with E-state index in [-0.39, 0.29) is 5.41 Å². The fourth-order valence-corrected chi connectivity index (χ4v) is 3.26. The first-order chi connectivity index (χ1) is 9.91.